The molecular formula is C19H28N2O3. The molecule has 0 radical (unpaired) electrons. The molecule has 2 fully saturated rings. The van der Waals surface area contributed by atoms with Gasteiger partial charge in [0, 0.05) is 24.7 Å². The standard InChI is InChI=1S/C19H28N2O3/c1-20-13-15-6-5-11-21(15)19(22)14-9-10-17(18(12-14)23-2)24-16-7-3-4-8-16/h9-10,12,15-16,20H,3-8,11,13H2,1-2H3. The number of likely N-dealkylation sites (N-methyl/N-ethyl adjacent to an activating group) is 1. The molecule has 1 heterocycles. The van der Waals surface area contributed by atoms with E-state index in [0.717, 1.165) is 44.5 Å². The number of methoxy groups -OCH3 is 1. The van der Waals surface area contributed by atoms with E-state index in [9.17, 15) is 4.79 Å². The number of hydrogen-bond donors (Lipinski definition) is 1. The van der Waals surface area contributed by atoms with E-state index in [2.05, 4.69) is 5.32 Å². The Bertz CT molecular complexity index is 570. The van der Waals surface area contributed by atoms with Gasteiger partial charge in [0.25, 0.3) is 5.91 Å². The van der Waals surface area contributed by atoms with E-state index in [1.807, 2.05) is 30.1 Å². The van der Waals surface area contributed by atoms with Crippen LogP contribution in [0.1, 0.15) is 48.9 Å². The molecule has 2 aliphatic rings. The van der Waals surface area contributed by atoms with E-state index < -0.39 is 0 Å². The SMILES string of the molecule is CNCC1CCCN1C(=O)c1ccc(OC2CCCC2)c(OC)c1. The van der Waals surface area contributed by atoms with Crippen molar-refractivity contribution in [3.05, 3.63) is 23.8 Å². The second-order valence-corrected chi connectivity index (χ2v) is 6.74. The van der Waals surface area contributed by atoms with Crippen molar-refractivity contribution in [1.82, 2.24) is 10.2 Å². The highest BCUT2D eigenvalue weighted by molar-refractivity contribution is 5.95. The summed E-state index contributed by atoms with van der Waals surface area (Å²) in [6.45, 7) is 1.67. The molecule has 3 rings (SSSR count). The van der Waals surface area contributed by atoms with E-state index in [4.69, 9.17) is 9.47 Å². The van der Waals surface area contributed by atoms with Crippen LogP contribution < -0.4 is 14.8 Å². The smallest absolute Gasteiger partial charge is 0.254 e. The summed E-state index contributed by atoms with van der Waals surface area (Å²) in [6, 6.07) is 5.85. The number of rotatable bonds is 6. The topological polar surface area (TPSA) is 50.8 Å². The molecule has 1 aliphatic heterocycles. The predicted octanol–water partition coefficient (Wildman–Crippen LogP) is 2.84. The van der Waals surface area contributed by atoms with Crippen LogP contribution in [0.25, 0.3) is 0 Å². The maximum atomic E-state index is 12.9. The van der Waals surface area contributed by atoms with E-state index in [1.165, 1.54) is 12.8 Å². The lowest BCUT2D eigenvalue weighted by atomic mass is 10.1. The van der Waals surface area contributed by atoms with Crippen LogP contribution in [0.3, 0.4) is 0 Å². The van der Waals surface area contributed by atoms with Crippen LogP contribution in [0.5, 0.6) is 11.5 Å². The van der Waals surface area contributed by atoms with Gasteiger partial charge in [-0.3, -0.25) is 4.79 Å². The Morgan fingerprint density at radius 2 is 2.00 bits per heavy atom. The van der Waals surface area contributed by atoms with Crippen molar-refractivity contribution in [2.45, 2.75) is 50.7 Å². The Kier molecular flexibility index (Phi) is 5.61. The summed E-state index contributed by atoms with van der Waals surface area (Å²) < 4.78 is 11.5. The normalized spacial score (nSPS) is 21.2. The van der Waals surface area contributed by atoms with Crippen molar-refractivity contribution in [3.8, 4) is 11.5 Å². The maximum absolute atomic E-state index is 12.9. The first-order chi connectivity index (χ1) is 11.7. The highest BCUT2D eigenvalue weighted by Gasteiger charge is 2.29. The second kappa shape index (κ2) is 7.88. The zero-order chi connectivity index (χ0) is 16.9. The van der Waals surface area contributed by atoms with Gasteiger partial charge in [0.1, 0.15) is 0 Å². The minimum atomic E-state index is 0.0819. The van der Waals surface area contributed by atoms with Gasteiger partial charge in [0.15, 0.2) is 11.5 Å². The number of nitrogens with zero attached hydrogens (tertiary/aromatic N) is 1. The quantitative estimate of drug-likeness (QED) is 0.870. The molecule has 1 aliphatic carbocycles. The first-order valence-corrected chi connectivity index (χ1v) is 9.03. The van der Waals surface area contributed by atoms with Crippen LogP contribution in [-0.4, -0.2) is 50.2 Å². The highest BCUT2D eigenvalue weighted by atomic mass is 16.5. The number of amides is 1. The summed E-state index contributed by atoms with van der Waals surface area (Å²) in [5.74, 6) is 1.48. The van der Waals surface area contributed by atoms with Gasteiger partial charge in [-0.1, -0.05) is 0 Å². The first-order valence-electron chi connectivity index (χ1n) is 9.03. The number of carbonyl (C=O) groups is 1. The molecule has 5 heteroatoms. The number of likely N-dealkylation sites (tertiary alicyclic amines) is 1. The average molecular weight is 332 g/mol. The number of hydrogen-bond acceptors (Lipinski definition) is 4. The molecule has 1 N–H and O–H groups in total. The lowest BCUT2D eigenvalue weighted by Gasteiger charge is -2.25. The number of nitrogens with one attached hydrogen (secondary N) is 1. The number of ether oxygens (including phenoxy) is 2. The van der Waals surface area contributed by atoms with Crippen LogP contribution in [-0.2, 0) is 0 Å². The zero-order valence-corrected chi connectivity index (χ0v) is 14.7. The van der Waals surface area contributed by atoms with Gasteiger partial charge in [-0.25, -0.2) is 0 Å². The monoisotopic (exact) mass is 332 g/mol. The summed E-state index contributed by atoms with van der Waals surface area (Å²) >= 11 is 0. The fourth-order valence-electron chi connectivity index (χ4n) is 3.80. The summed E-state index contributed by atoms with van der Waals surface area (Å²) in [7, 11) is 3.56. The van der Waals surface area contributed by atoms with Crippen molar-refractivity contribution in [1.29, 1.82) is 0 Å². The van der Waals surface area contributed by atoms with Gasteiger partial charge in [-0.15, -0.1) is 0 Å². The third kappa shape index (κ3) is 3.66. The largest absolute Gasteiger partial charge is 0.493 e. The summed E-state index contributed by atoms with van der Waals surface area (Å²) in [4.78, 5) is 14.8. The van der Waals surface area contributed by atoms with Crippen LogP contribution >= 0.6 is 0 Å². The van der Waals surface area contributed by atoms with Crippen molar-refractivity contribution in [2.24, 2.45) is 0 Å². The Balaban J connectivity index is 1.74. The lowest BCUT2D eigenvalue weighted by Crippen LogP contribution is -2.40. The van der Waals surface area contributed by atoms with Crippen LogP contribution in [0.2, 0.25) is 0 Å². The second-order valence-electron chi connectivity index (χ2n) is 6.74. The first kappa shape index (κ1) is 17.1. The van der Waals surface area contributed by atoms with Gasteiger partial charge < -0.3 is 19.7 Å². The molecule has 5 nitrogen and oxygen atoms in total. The maximum Gasteiger partial charge on any atom is 0.254 e. The minimum absolute atomic E-state index is 0.0819. The van der Waals surface area contributed by atoms with E-state index in [1.54, 1.807) is 7.11 Å². The van der Waals surface area contributed by atoms with Gasteiger partial charge in [-0.05, 0) is 63.8 Å². The molecule has 0 bridgehead atoms. The lowest BCUT2D eigenvalue weighted by molar-refractivity contribution is 0.0736. The molecule has 1 amide bonds. The average Bonchev–Trinajstić information content (AvgIpc) is 3.27. The molecule has 0 aromatic heterocycles. The van der Waals surface area contributed by atoms with Crippen molar-refractivity contribution in [3.63, 3.8) is 0 Å². The molecule has 1 unspecified atom stereocenters. The fourth-order valence-corrected chi connectivity index (χ4v) is 3.80. The highest BCUT2D eigenvalue weighted by Crippen LogP contribution is 2.33. The Morgan fingerprint density at radius 1 is 1.21 bits per heavy atom. The van der Waals surface area contributed by atoms with Crippen LogP contribution in [0, 0.1) is 0 Å². The van der Waals surface area contributed by atoms with Gasteiger partial charge in [0.2, 0.25) is 0 Å². The Morgan fingerprint density at radius 3 is 2.71 bits per heavy atom. The molecule has 1 aromatic rings. The van der Waals surface area contributed by atoms with E-state index in [0.29, 0.717) is 11.3 Å². The van der Waals surface area contributed by atoms with Gasteiger partial charge in [-0.2, -0.15) is 0 Å². The molecule has 1 aromatic carbocycles. The zero-order valence-electron chi connectivity index (χ0n) is 14.7. The summed E-state index contributed by atoms with van der Waals surface area (Å²) in [6.07, 6.45) is 7.06. The fraction of sp³-hybridized carbons (Fsp3) is 0.632. The number of carbonyl (C=O) groups excluding carboxylic acids is 1. The third-order valence-electron chi connectivity index (χ3n) is 5.08. The van der Waals surface area contributed by atoms with Gasteiger partial charge in [0.05, 0.1) is 13.2 Å². The molecule has 0 spiro atoms. The minimum Gasteiger partial charge on any atom is -0.493 e. The van der Waals surface area contributed by atoms with Crippen molar-refractivity contribution in [2.75, 3.05) is 27.2 Å². The predicted molar refractivity (Wildman–Crippen MR) is 93.9 cm³/mol. The number of benzene rings is 1. The molecule has 132 valence electrons. The van der Waals surface area contributed by atoms with E-state index in [-0.39, 0.29) is 18.1 Å². The van der Waals surface area contributed by atoms with Gasteiger partial charge >= 0.3 is 0 Å². The molecular weight excluding hydrogens is 304 g/mol. The van der Waals surface area contributed by atoms with E-state index >= 15 is 0 Å². The molecule has 1 atom stereocenters. The molecule has 24 heavy (non-hydrogen) atoms. The summed E-state index contributed by atoms with van der Waals surface area (Å²) in [5.41, 5.74) is 0.675. The van der Waals surface area contributed by atoms with Crippen LogP contribution in [0.15, 0.2) is 18.2 Å². The van der Waals surface area contributed by atoms with Crippen molar-refractivity contribution < 1.29 is 14.3 Å². The van der Waals surface area contributed by atoms with Crippen LogP contribution in [0.4, 0.5) is 0 Å². The molecule has 1 saturated heterocycles. The summed E-state index contributed by atoms with van der Waals surface area (Å²) in [5, 5.41) is 3.18. The van der Waals surface area contributed by atoms with Crippen molar-refractivity contribution >= 4 is 5.91 Å². The molecule has 1 saturated carbocycles. The Hall–Kier alpha value is -1.75. The third-order valence-corrected chi connectivity index (χ3v) is 5.08. The Labute approximate surface area is 144 Å².